The summed E-state index contributed by atoms with van der Waals surface area (Å²) >= 11 is 9.44. The van der Waals surface area contributed by atoms with Crippen LogP contribution in [0, 0.1) is 0 Å². The van der Waals surface area contributed by atoms with Gasteiger partial charge in [-0.05, 0) is 30.2 Å². The minimum Gasteiger partial charge on any atom is -0.300 e. The molecule has 0 aliphatic rings. The fourth-order valence-electron chi connectivity index (χ4n) is 1.15. The van der Waals surface area contributed by atoms with E-state index in [4.69, 9.17) is 17.5 Å². The van der Waals surface area contributed by atoms with E-state index in [1.165, 1.54) is 0 Å². The molecule has 0 amide bonds. The van der Waals surface area contributed by atoms with Crippen molar-refractivity contribution in [3.8, 4) is 0 Å². The van der Waals surface area contributed by atoms with Gasteiger partial charge in [-0.1, -0.05) is 11.6 Å². The van der Waals surface area contributed by atoms with Crippen LogP contribution >= 0.6 is 35.1 Å². The lowest BCUT2D eigenvalue weighted by Gasteiger charge is -2.09. The Morgan fingerprint density at radius 1 is 1.36 bits per heavy atom. The van der Waals surface area contributed by atoms with E-state index in [0.717, 1.165) is 20.4 Å². The van der Waals surface area contributed by atoms with E-state index in [9.17, 15) is 0 Å². The fraction of sp³-hybridized carbons (Fsp3) is 0.333. The number of halogens is 1. The summed E-state index contributed by atoms with van der Waals surface area (Å²) in [6.45, 7) is 0.391. The van der Waals surface area contributed by atoms with Gasteiger partial charge in [0.1, 0.15) is 0 Å². The first-order chi connectivity index (χ1) is 6.72. The SMILES string of the molecule is CSc1cc(CON)cc(Cl)c1SC. The highest BCUT2D eigenvalue weighted by molar-refractivity contribution is 8.01. The van der Waals surface area contributed by atoms with Crippen LogP contribution in [0.4, 0.5) is 0 Å². The van der Waals surface area contributed by atoms with Crippen LogP contribution in [-0.4, -0.2) is 12.5 Å². The van der Waals surface area contributed by atoms with E-state index in [-0.39, 0.29) is 0 Å². The molecule has 2 N–H and O–H groups in total. The topological polar surface area (TPSA) is 35.2 Å². The second kappa shape index (κ2) is 5.88. The molecule has 0 atom stereocenters. The molecule has 0 aromatic heterocycles. The highest BCUT2D eigenvalue weighted by Crippen LogP contribution is 2.35. The lowest BCUT2D eigenvalue weighted by Crippen LogP contribution is -1.99. The predicted octanol–water partition coefficient (Wildman–Crippen LogP) is 3.17. The van der Waals surface area contributed by atoms with E-state index in [0.29, 0.717) is 6.61 Å². The first-order valence-electron chi connectivity index (χ1n) is 3.95. The van der Waals surface area contributed by atoms with Gasteiger partial charge in [0, 0.05) is 9.79 Å². The van der Waals surface area contributed by atoms with Gasteiger partial charge < -0.3 is 0 Å². The molecule has 1 aromatic rings. The first kappa shape index (κ1) is 12.2. The molecule has 0 saturated heterocycles. The lowest BCUT2D eigenvalue weighted by molar-refractivity contribution is 0.124. The van der Waals surface area contributed by atoms with Crippen molar-refractivity contribution in [2.75, 3.05) is 12.5 Å². The lowest BCUT2D eigenvalue weighted by atomic mass is 10.2. The third-order valence-corrected chi connectivity index (χ3v) is 3.89. The van der Waals surface area contributed by atoms with Crippen LogP contribution in [0.5, 0.6) is 0 Å². The van der Waals surface area contributed by atoms with Crippen molar-refractivity contribution in [1.82, 2.24) is 0 Å². The Kier molecular flexibility index (Phi) is 5.12. The summed E-state index contributed by atoms with van der Waals surface area (Å²) in [4.78, 5) is 6.86. The highest BCUT2D eigenvalue weighted by atomic mass is 35.5. The molecule has 0 unspecified atom stereocenters. The zero-order valence-electron chi connectivity index (χ0n) is 8.04. The summed E-state index contributed by atoms with van der Waals surface area (Å²) < 4.78 is 0. The molecule has 0 spiro atoms. The molecule has 0 fully saturated rings. The molecule has 0 radical (unpaired) electrons. The Bertz CT molecular complexity index is 320. The molecule has 1 aromatic carbocycles. The molecule has 2 nitrogen and oxygen atoms in total. The molecule has 78 valence electrons. The molecule has 14 heavy (non-hydrogen) atoms. The van der Waals surface area contributed by atoms with E-state index in [1.807, 2.05) is 18.6 Å². The van der Waals surface area contributed by atoms with E-state index >= 15 is 0 Å². The summed E-state index contributed by atoms with van der Waals surface area (Å²) in [5.74, 6) is 5.02. The van der Waals surface area contributed by atoms with E-state index in [2.05, 4.69) is 10.9 Å². The molecule has 0 aliphatic carbocycles. The van der Waals surface area contributed by atoms with Crippen molar-refractivity contribution in [1.29, 1.82) is 0 Å². The number of nitrogens with two attached hydrogens (primary N) is 1. The predicted molar refractivity (Wildman–Crippen MR) is 64.0 cm³/mol. The van der Waals surface area contributed by atoms with Crippen LogP contribution in [0.15, 0.2) is 21.9 Å². The molecule has 0 bridgehead atoms. The molecule has 0 heterocycles. The Hall–Kier alpha value is 0.130. The third kappa shape index (κ3) is 2.81. The minimum atomic E-state index is 0.391. The molecule has 1 rings (SSSR count). The highest BCUT2D eigenvalue weighted by Gasteiger charge is 2.07. The monoisotopic (exact) mass is 249 g/mol. The molecular formula is C9H12ClNOS2. The number of thioether (sulfide) groups is 2. The summed E-state index contributed by atoms with van der Waals surface area (Å²) in [6, 6.07) is 3.94. The van der Waals surface area contributed by atoms with Gasteiger partial charge in [0.25, 0.3) is 0 Å². The second-order valence-electron chi connectivity index (χ2n) is 2.62. The maximum atomic E-state index is 6.12. The number of hydrogen-bond acceptors (Lipinski definition) is 4. The summed E-state index contributed by atoms with van der Waals surface area (Å²) in [6.07, 6.45) is 4.04. The van der Waals surface area contributed by atoms with E-state index < -0.39 is 0 Å². The van der Waals surface area contributed by atoms with Crippen molar-refractivity contribution < 1.29 is 4.84 Å². The summed E-state index contributed by atoms with van der Waals surface area (Å²) in [5.41, 5.74) is 1.000. The second-order valence-corrected chi connectivity index (χ2v) is 4.70. The fourth-order valence-corrected chi connectivity index (χ4v) is 3.26. The minimum absolute atomic E-state index is 0.391. The normalized spacial score (nSPS) is 10.6. The smallest absolute Gasteiger partial charge is 0.0930 e. The largest absolute Gasteiger partial charge is 0.300 e. The molecule has 0 saturated carbocycles. The summed E-state index contributed by atoms with van der Waals surface area (Å²) in [7, 11) is 0. The Balaban J connectivity index is 3.10. The van der Waals surface area contributed by atoms with Crippen LogP contribution in [0.1, 0.15) is 5.56 Å². The van der Waals surface area contributed by atoms with Gasteiger partial charge in [-0.25, -0.2) is 5.90 Å². The van der Waals surface area contributed by atoms with Gasteiger partial charge in [-0.2, -0.15) is 0 Å². The first-order valence-corrected chi connectivity index (χ1v) is 6.77. The van der Waals surface area contributed by atoms with Gasteiger partial charge in [-0.3, -0.25) is 4.84 Å². The average molecular weight is 250 g/mol. The van der Waals surface area contributed by atoms with Gasteiger partial charge in [-0.15, -0.1) is 23.5 Å². The Morgan fingerprint density at radius 3 is 2.57 bits per heavy atom. The number of rotatable bonds is 4. The number of benzene rings is 1. The average Bonchev–Trinajstić information content (AvgIpc) is 2.17. The summed E-state index contributed by atoms with van der Waals surface area (Å²) in [5, 5.41) is 0.761. The van der Waals surface area contributed by atoms with Crippen LogP contribution in [0.25, 0.3) is 0 Å². The molecule has 0 aliphatic heterocycles. The third-order valence-electron chi connectivity index (χ3n) is 1.74. The van der Waals surface area contributed by atoms with Gasteiger partial charge >= 0.3 is 0 Å². The van der Waals surface area contributed by atoms with Gasteiger partial charge in [0.05, 0.1) is 11.6 Å². The van der Waals surface area contributed by atoms with Crippen LogP contribution < -0.4 is 5.90 Å². The van der Waals surface area contributed by atoms with Crippen molar-refractivity contribution >= 4 is 35.1 Å². The van der Waals surface area contributed by atoms with Crippen LogP contribution in [-0.2, 0) is 11.4 Å². The quantitative estimate of drug-likeness (QED) is 0.657. The van der Waals surface area contributed by atoms with Crippen molar-refractivity contribution in [3.63, 3.8) is 0 Å². The maximum Gasteiger partial charge on any atom is 0.0930 e. The van der Waals surface area contributed by atoms with Crippen molar-refractivity contribution in [2.24, 2.45) is 5.90 Å². The van der Waals surface area contributed by atoms with Crippen molar-refractivity contribution in [3.05, 3.63) is 22.7 Å². The van der Waals surface area contributed by atoms with Gasteiger partial charge in [0.2, 0.25) is 0 Å². The Morgan fingerprint density at radius 2 is 2.07 bits per heavy atom. The Labute approximate surface area is 97.5 Å². The molecule has 5 heteroatoms. The molecular weight excluding hydrogens is 238 g/mol. The zero-order chi connectivity index (χ0) is 10.6. The zero-order valence-corrected chi connectivity index (χ0v) is 10.4. The van der Waals surface area contributed by atoms with Crippen LogP contribution in [0.2, 0.25) is 5.02 Å². The van der Waals surface area contributed by atoms with Crippen LogP contribution in [0.3, 0.4) is 0 Å². The number of hydrogen-bond donors (Lipinski definition) is 1. The standard InChI is InChI=1S/C9H12ClNOS2/c1-13-8-4-6(5-12-11)3-7(10)9(8)14-2/h3-4H,5,11H2,1-2H3. The van der Waals surface area contributed by atoms with Gasteiger partial charge in [0.15, 0.2) is 0 Å². The van der Waals surface area contributed by atoms with Crippen molar-refractivity contribution in [2.45, 2.75) is 16.4 Å². The van der Waals surface area contributed by atoms with E-state index in [1.54, 1.807) is 23.5 Å². The maximum absolute atomic E-state index is 6.12.